The SMILES string of the molecule is CC(C)(C)c1ccc(C(=O)Nc2ccc(C(=O)NN=Cc3cccc(Cl)c3Cl)cc2)cc1. The maximum absolute atomic E-state index is 12.5. The quantitative estimate of drug-likeness (QED) is 0.341. The summed E-state index contributed by atoms with van der Waals surface area (Å²) in [5, 5.41) is 7.52. The van der Waals surface area contributed by atoms with Crippen LogP contribution >= 0.6 is 23.2 Å². The molecule has 0 aromatic heterocycles. The molecule has 7 heteroatoms. The summed E-state index contributed by atoms with van der Waals surface area (Å²) in [5.41, 5.74) is 5.75. The number of amides is 2. The first-order valence-corrected chi connectivity index (χ1v) is 10.7. The Balaban J connectivity index is 1.59. The lowest BCUT2D eigenvalue weighted by atomic mass is 9.87. The lowest BCUT2D eigenvalue weighted by Crippen LogP contribution is -2.18. The Labute approximate surface area is 197 Å². The molecule has 164 valence electrons. The van der Waals surface area contributed by atoms with Gasteiger partial charge in [-0.1, -0.05) is 68.2 Å². The van der Waals surface area contributed by atoms with E-state index in [0.29, 0.717) is 32.4 Å². The summed E-state index contributed by atoms with van der Waals surface area (Å²) in [6, 6.07) is 19.2. The molecule has 3 aromatic carbocycles. The molecule has 5 nitrogen and oxygen atoms in total. The zero-order chi connectivity index (χ0) is 23.3. The Morgan fingerprint density at radius 3 is 2.06 bits per heavy atom. The molecule has 0 fully saturated rings. The molecular weight excluding hydrogens is 445 g/mol. The minimum atomic E-state index is -0.393. The molecule has 0 bridgehead atoms. The average Bonchev–Trinajstić information content (AvgIpc) is 2.76. The molecule has 2 amide bonds. The smallest absolute Gasteiger partial charge is 0.271 e. The van der Waals surface area contributed by atoms with Crippen molar-refractivity contribution < 1.29 is 9.59 Å². The number of nitrogens with one attached hydrogen (secondary N) is 2. The average molecular weight is 468 g/mol. The Kier molecular flexibility index (Phi) is 7.33. The molecular formula is C25H23Cl2N3O2. The normalized spacial score (nSPS) is 11.4. The lowest BCUT2D eigenvalue weighted by molar-refractivity contribution is 0.0954. The monoisotopic (exact) mass is 467 g/mol. The zero-order valence-corrected chi connectivity index (χ0v) is 19.5. The van der Waals surface area contributed by atoms with Crippen LogP contribution in [0.25, 0.3) is 0 Å². The number of carbonyl (C=O) groups excluding carboxylic acids is 2. The van der Waals surface area contributed by atoms with Crippen LogP contribution in [0, 0.1) is 0 Å². The molecule has 0 spiro atoms. The number of hydrazone groups is 1. The summed E-state index contributed by atoms with van der Waals surface area (Å²) in [7, 11) is 0. The van der Waals surface area contributed by atoms with Crippen molar-refractivity contribution in [2.24, 2.45) is 5.10 Å². The van der Waals surface area contributed by atoms with Crippen molar-refractivity contribution in [1.29, 1.82) is 0 Å². The molecule has 3 aromatic rings. The summed E-state index contributed by atoms with van der Waals surface area (Å²) >= 11 is 12.0. The van der Waals surface area contributed by atoms with Gasteiger partial charge in [-0.3, -0.25) is 9.59 Å². The minimum Gasteiger partial charge on any atom is -0.322 e. The third-order valence-electron chi connectivity index (χ3n) is 4.77. The first-order valence-electron chi connectivity index (χ1n) is 9.94. The van der Waals surface area contributed by atoms with Crippen molar-refractivity contribution in [1.82, 2.24) is 5.43 Å². The van der Waals surface area contributed by atoms with E-state index in [2.05, 4.69) is 36.6 Å². The number of hydrogen-bond acceptors (Lipinski definition) is 3. The first-order chi connectivity index (χ1) is 15.1. The number of rotatable bonds is 5. The second-order valence-electron chi connectivity index (χ2n) is 8.20. The molecule has 0 unspecified atom stereocenters. The van der Waals surface area contributed by atoms with Gasteiger partial charge in [0.15, 0.2) is 0 Å². The molecule has 0 saturated heterocycles. The van der Waals surface area contributed by atoms with Crippen LogP contribution in [-0.4, -0.2) is 18.0 Å². The summed E-state index contributed by atoms with van der Waals surface area (Å²) < 4.78 is 0. The van der Waals surface area contributed by atoms with Crippen molar-refractivity contribution in [3.05, 3.63) is 99.0 Å². The fraction of sp³-hybridized carbons (Fsp3) is 0.160. The third-order valence-corrected chi connectivity index (χ3v) is 5.60. The Hall–Kier alpha value is -3.15. The van der Waals surface area contributed by atoms with Gasteiger partial charge in [0.1, 0.15) is 0 Å². The predicted octanol–water partition coefficient (Wildman–Crippen LogP) is 6.31. The molecule has 0 aliphatic rings. The summed E-state index contributed by atoms with van der Waals surface area (Å²) in [6.45, 7) is 6.37. The molecule has 0 radical (unpaired) electrons. The van der Waals surface area contributed by atoms with Crippen molar-refractivity contribution in [2.75, 3.05) is 5.32 Å². The highest BCUT2D eigenvalue weighted by atomic mass is 35.5. The van der Waals surface area contributed by atoms with E-state index >= 15 is 0 Å². The van der Waals surface area contributed by atoms with Crippen molar-refractivity contribution in [2.45, 2.75) is 26.2 Å². The maximum Gasteiger partial charge on any atom is 0.271 e. The molecule has 2 N–H and O–H groups in total. The van der Waals surface area contributed by atoms with Crippen LogP contribution in [0.1, 0.15) is 52.6 Å². The van der Waals surface area contributed by atoms with Gasteiger partial charge in [0, 0.05) is 22.4 Å². The molecule has 32 heavy (non-hydrogen) atoms. The highest BCUT2D eigenvalue weighted by Crippen LogP contribution is 2.24. The van der Waals surface area contributed by atoms with E-state index in [1.807, 2.05) is 24.3 Å². The molecule has 0 aliphatic heterocycles. The van der Waals surface area contributed by atoms with E-state index in [-0.39, 0.29) is 11.3 Å². The minimum absolute atomic E-state index is 0.0237. The lowest BCUT2D eigenvalue weighted by Gasteiger charge is -2.19. The van der Waals surface area contributed by atoms with Gasteiger partial charge in [-0.05, 0) is 53.4 Å². The Morgan fingerprint density at radius 1 is 0.844 bits per heavy atom. The van der Waals surface area contributed by atoms with Crippen LogP contribution < -0.4 is 10.7 Å². The number of benzene rings is 3. The van der Waals surface area contributed by atoms with Gasteiger partial charge in [-0.15, -0.1) is 0 Å². The van der Waals surface area contributed by atoms with Crippen LogP contribution in [-0.2, 0) is 5.41 Å². The van der Waals surface area contributed by atoms with E-state index < -0.39 is 5.91 Å². The summed E-state index contributed by atoms with van der Waals surface area (Å²) in [5.74, 6) is -0.610. The van der Waals surface area contributed by atoms with Crippen LogP contribution in [0.4, 0.5) is 5.69 Å². The number of anilines is 1. The van der Waals surface area contributed by atoms with Crippen molar-refractivity contribution in [3.8, 4) is 0 Å². The van der Waals surface area contributed by atoms with Gasteiger partial charge in [0.05, 0.1) is 16.3 Å². The molecule has 0 saturated carbocycles. The Bertz CT molecular complexity index is 1150. The van der Waals surface area contributed by atoms with Gasteiger partial charge in [-0.25, -0.2) is 5.43 Å². The summed E-state index contributed by atoms with van der Waals surface area (Å²) in [6.07, 6.45) is 1.42. The van der Waals surface area contributed by atoms with Crippen molar-refractivity contribution >= 4 is 46.9 Å². The molecule has 0 heterocycles. The van der Waals surface area contributed by atoms with E-state index in [4.69, 9.17) is 23.2 Å². The third kappa shape index (κ3) is 5.96. The standard InChI is InChI=1S/C25H23Cl2N3O2/c1-25(2,3)19-11-7-16(8-12-19)23(31)29-20-13-9-17(10-14-20)24(32)30-28-15-18-5-4-6-21(26)22(18)27/h4-15H,1-3H3,(H,29,31)(H,30,32). The van der Waals surface area contributed by atoms with Gasteiger partial charge < -0.3 is 5.32 Å². The van der Waals surface area contributed by atoms with E-state index in [0.717, 1.165) is 5.56 Å². The van der Waals surface area contributed by atoms with Crippen molar-refractivity contribution in [3.63, 3.8) is 0 Å². The Morgan fingerprint density at radius 2 is 1.44 bits per heavy atom. The fourth-order valence-electron chi connectivity index (χ4n) is 2.87. The summed E-state index contributed by atoms with van der Waals surface area (Å²) in [4.78, 5) is 24.8. The van der Waals surface area contributed by atoms with Gasteiger partial charge in [0.25, 0.3) is 11.8 Å². The predicted molar refractivity (Wildman–Crippen MR) is 131 cm³/mol. The highest BCUT2D eigenvalue weighted by molar-refractivity contribution is 6.43. The van der Waals surface area contributed by atoms with E-state index in [1.54, 1.807) is 42.5 Å². The number of nitrogens with zero attached hydrogens (tertiary/aromatic N) is 1. The number of hydrogen-bond donors (Lipinski definition) is 2. The van der Waals surface area contributed by atoms with Crippen LogP contribution in [0.5, 0.6) is 0 Å². The number of carbonyl (C=O) groups is 2. The van der Waals surface area contributed by atoms with Crippen LogP contribution in [0.15, 0.2) is 71.8 Å². The van der Waals surface area contributed by atoms with Gasteiger partial charge >= 0.3 is 0 Å². The van der Waals surface area contributed by atoms with Crippen LogP contribution in [0.3, 0.4) is 0 Å². The molecule has 0 aliphatic carbocycles. The largest absolute Gasteiger partial charge is 0.322 e. The zero-order valence-electron chi connectivity index (χ0n) is 17.9. The fourth-order valence-corrected chi connectivity index (χ4v) is 3.23. The molecule has 3 rings (SSSR count). The van der Waals surface area contributed by atoms with E-state index in [9.17, 15) is 9.59 Å². The van der Waals surface area contributed by atoms with Crippen LogP contribution in [0.2, 0.25) is 10.0 Å². The van der Waals surface area contributed by atoms with Gasteiger partial charge in [-0.2, -0.15) is 5.10 Å². The maximum atomic E-state index is 12.5. The molecule has 0 atom stereocenters. The first kappa shape index (κ1) is 23.5. The van der Waals surface area contributed by atoms with E-state index in [1.165, 1.54) is 6.21 Å². The van der Waals surface area contributed by atoms with Gasteiger partial charge in [0.2, 0.25) is 0 Å². The second-order valence-corrected chi connectivity index (χ2v) is 8.99. The second kappa shape index (κ2) is 9.98. The topological polar surface area (TPSA) is 70.6 Å². The highest BCUT2D eigenvalue weighted by Gasteiger charge is 2.14. The number of halogens is 2.